The van der Waals surface area contributed by atoms with Gasteiger partial charge in [0, 0.05) is 23.3 Å². The molecule has 1 aliphatic rings. The minimum Gasteiger partial charge on any atom is -0.307 e. The lowest BCUT2D eigenvalue weighted by Crippen LogP contribution is -2.34. The molecule has 1 saturated heterocycles. The van der Waals surface area contributed by atoms with Crippen LogP contribution in [0.15, 0.2) is 16.7 Å². The molecule has 4 nitrogen and oxygen atoms in total. The van der Waals surface area contributed by atoms with Crippen LogP contribution in [-0.2, 0) is 0 Å². The Morgan fingerprint density at radius 1 is 1.50 bits per heavy atom. The van der Waals surface area contributed by atoms with E-state index in [4.69, 9.17) is 16.6 Å². The number of piperidine rings is 1. The number of rotatable bonds is 2. The summed E-state index contributed by atoms with van der Waals surface area (Å²) in [5.41, 5.74) is 1.85. The number of hydrogen-bond acceptors (Lipinski definition) is 3. The molecule has 3 heterocycles. The second-order valence-corrected chi connectivity index (χ2v) is 7.08. The van der Waals surface area contributed by atoms with Gasteiger partial charge in [-0.15, -0.1) is 11.6 Å². The molecular formula is C14H18BrClN4. The molecule has 1 fully saturated rings. The molecular weight excluding hydrogens is 340 g/mol. The van der Waals surface area contributed by atoms with E-state index >= 15 is 0 Å². The molecule has 0 N–H and O–H groups in total. The van der Waals surface area contributed by atoms with E-state index in [0.717, 1.165) is 41.0 Å². The zero-order chi connectivity index (χ0) is 14.3. The number of halogens is 2. The van der Waals surface area contributed by atoms with Gasteiger partial charge in [0.05, 0.1) is 5.38 Å². The van der Waals surface area contributed by atoms with Gasteiger partial charge in [-0.1, -0.05) is 0 Å². The van der Waals surface area contributed by atoms with Crippen LogP contribution in [0.2, 0.25) is 0 Å². The Hall–Kier alpha value is -0.650. The summed E-state index contributed by atoms with van der Waals surface area (Å²) in [4.78, 5) is 11.6. The molecule has 20 heavy (non-hydrogen) atoms. The molecule has 1 aliphatic heterocycles. The topological polar surface area (TPSA) is 34.0 Å². The van der Waals surface area contributed by atoms with Gasteiger partial charge in [-0.2, -0.15) is 0 Å². The highest BCUT2D eigenvalue weighted by atomic mass is 79.9. The Balaban J connectivity index is 2.13. The van der Waals surface area contributed by atoms with Crippen LogP contribution in [0.4, 0.5) is 0 Å². The first kappa shape index (κ1) is 14.3. The van der Waals surface area contributed by atoms with Gasteiger partial charge in [0.25, 0.3) is 0 Å². The number of pyridine rings is 1. The van der Waals surface area contributed by atoms with Crippen molar-refractivity contribution in [1.29, 1.82) is 0 Å². The Morgan fingerprint density at radius 2 is 2.30 bits per heavy atom. The van der Waals surface area contributed by atoms with Crippen LogP contribution >= 0.6 is 27.5 Å². The van der Waals surface area contributed by atoms with E-state index in [1.165, 1.54) is 6.42 Å². The third-order valence-electron chi connectivity index (χ3n) is 3.84. The normalized spacial score (nSPS) is 22.3. The number of nitrogens with zero attached hydrogens (tertiary/aromatic N) is 4. The lowest BCUT2D eigenvalue weighted by molar-refractivity contribution is 0.212. The first-order valence-electron chi connectivity index (χ1n) is 6.92. The third-order valence-corrected chi connectivity index (χ3v) is 4.47. The number of fused-ring (bicyclic) bond motifs is 1. The van der Waals surface area contributed by atoms with Crippen LogP contribution in [0.1, 0.15) is 37.0 Å². The molecule has 0 radical (unpaired) electrons. The van der Waals surface area contributed by atoms with Crippen LogP contribution < -0.4 is 0 Å². The van der Waals surface area contributed by atoms with Gasteiger partial charge in [-0.05, 0) is 55.4 Å². The molecule has 108 valence electrons. The summed E-state index contributed by atoms with van der Waals surface area (Å²) >= 11 is 9.79. The fourth-order valence-electron chi connectivity index (χ4n) is 2.97. The maximum absolute atomic E-state index is 6.34. The second-order valence-electron chi connectivity index (χ2n) is 5.51. The van der Waals surface area contributed by atoms with Gasteiger partial charge in [0.15, 0.2) is 5.65 Å². The molecule has 3 rings (SSSR count). The van der Waals surface area contributed by atoms with E-state index in [9.17, 15) is 0 Å². The van der Waals surface area contributed by atoms with Crippen LogP contribution in [0, 0.1) is 0 Å². The van der Waals surface area contributed by atoms with E-state index in [-0.39, 0.29) is 5.38 Å². The summed E-state index contributed by atoms with van der Waals surface area (Å²) in [6.07, 6.45) is 4.19. The predicted molar refractivity (Wildman–Crippen MR) is 85.3 cm³/mol. The molecule has 2 aromatic heterocycles. The number of alkyl halides is 1. The van der Waals surface area contributed by atoms with Crippen molar-refractivity contribution >= 4 is 38.7 Å². The van der Waals surface area contributed by atoms with Crippen molar-refractivity contribution in [3.63, 3.8) is 0 Å². The largest absolute Gasteiger partial charge is 0.307 e. The smallest absolute Gasteiger partial charge is 0.160 e. The highest BCUT2D eigenvalue weighted by Gasteiger charge is 2.25. The van der Waals surface area contributed by atoms with E-state index < -0.39 is 0 Å². The summed E-state index contributed by atoms with van der Waals surface area (Å²) in [6, 6.07) is 2.41. The number of hydrogen-bond donors (Lipinski definition) is 0. The van der Waals surface area contributed by atoms with E-state index in [2.05, 4.69) is 37.4 Å². The number of likely N-dealkylation sites (N-methyl/N-ethyl adjacent to an activating group) is 1. The third kappa shape index (κ3) is 2.59. The zero-order valence-corrected chi connectivity index (χ0v) is 14.0. The monoisotopic (exact) mass is 356 g/mol. The number of likely N-dealkylation sites (tertiary alicyclic amines) is 1. The minimum atomic E-state index is -0.116. The molecule has 0 amide bonds. The molecule has 2 aromatic rings. The van der Waals surface area contributed by atoms with Gasteiger partial charge in [0.1, 0.15) is 11.3 Å². The van der Waals surface area contributed by atoms with Gasteiger partial charge < -0.3 is 9.47 Å². The lowest BCUT2D eigenvalue weighted by Gasteiger charge is -2.31. The SMILES string of the molecule is CC(Cl)c1nc2cc(Br)cnc2n1C1CCCN(C)C1. The van der Waals surface area contributed by atoms with Gasteiger partial charge >= 0.3 is 0 Å². The first-order chi connectivity index (χ1) is 9.56. The van der Waals surface area contributed by atoms with E-state index in [1.807, 2.05) is 19.2 Å². The van der Waals surface area contributed by atoms with Crippen LogP contribution in [0.25, 0.3) is 11.2 Å². The Labute approximate surface area is 132 Å². The molecule has 0 bridgehead atoms. The Morgan fingerprint density at radius 3 is 3.00 bits per heavy atom. The lowest BCUT2D eigenvalue weighted by atomic mass is 10.1. The average Bonchev–Trinajstić information content (AvgIpc) is 2.77. The predicted octanol–water partition coefficient (Wildman–Crippen LogP) is 3.76. The van der Waals surface area contributed by atoms with Crippen LogP contribution in [0.5, 0.6) is 0 Å². The summed E-state index contributed by atoms with van der Waals surface area (Å²) in [7, 11) is 2.17. The maximum atomic E-state index is 6.34. The van der Waals surface area contributed by atoms with Crippen LogP contribution in [-0.4, -0.2) is 39.6 Å². The van der Waals surface area contributed by atoms with Crippen molar-refractivity contribution in [2.24, 2.45) is 0 Å². The number of aromatic nitrogens is 3. The average molecular weight is 358 g/mol. The molecule has 0 aromatic carbocycles. The molecule has 6 heteroatoms. The zero-order valence-electron chi connectivity index (χ0n) is 11.7. The number of imidazole rings is 1. The highest BCUT2D eigenvalue weighted by molar-refractivity contribution is 9.10. The van der Waals surface area contributed by atoms with Crippen molar-refractivity contribution < 1.29 is 0 Å². The molecule has 0 aliphatic carbocycles. The van der Waals surface area contributed by atoms with Crippen molar-refractivity contribution in [2.75, 3.05) is 20.1 Å². The standard InChI is InChI=1S/C14H18BrClN4/c1-9(16)13-18-12-6-10(15)7-17-14(12)20(13)11-4-3-5-19(2)8-11/h6-7,9,11H,3-5,8H2,1-2H3. The fraction of sp³-hybridized carbons (Fsp3) is 0.571. The Kier molecular flexibility index (Phi) is 4.02. The molecule has 0 saturated carbocycles. The molecule has 0 spiro atoms. The van der Waals surface area contributed by atoms with Crippen molar-refractivity contribution in [2.45, 2.75) is 31.2 Å². The quantitative estimate of drug-likeness (QED) is 0.767. The maximum Gasteiger partial charge on any atom is 0.160 e. The Bertz CT molecular complexity index is 625. The van der Waals surface area contributed by atoms with Crippen molar-refractivity contribution in [3.8, 4) is 0 Å². The summed E-state index contributed by atoms with van der Waals surface area (Å²) < 4.78 is 3.19. The minimum absolute atomic E-state index is 0.116. The van der Waals surface area contributed by atoms with Crippen molar-refractivity contribution in [3.05, 3.63) is 22.6 Å². The molecule has 2 unspecified atom stereocenters. The van der Waals surface area contributed by atoms with Gasteiger partial charge in [0.2, 0.25) is 0 Å². The van der Waals surface area contributed by atoms with E-state index in [1.54, 1.807) is 0 Å². The summed E-state index contributed by atoms with van der Waals surface area (Å²) in [5.74, 6) is 0.924. The second kappa shape index (κ2) is 5.62. The molecule has 2 atom stereocenters. The summed E-state index contributed by atoms with van der Waals surface area (Å²) in [5, 5.41) is -0.116. The summed E-state index contributed by atoms with van der Waals surface area (Å²) in [6.45, 7) is 4.16. The van der Waals surface area contributed by atoms with Crippen molar-refractivity contribution in [1.82, 2.24) is 19.4 Å². The first-order valence-corrected chi connectivity index (χ1v) is 8.15. The van der Waals surface area contributed by atoms with E-state index in [0.29, 0.717) is 6.04 Å². The van der Waals surface area contributed by atoms with Crippen LogP contribution in [0.3, 0.4) is 0 Å². The van der Waals surface area contributed by atoms with Gasteiger partial charge in [-0.3, -0.25) is 0 Å². The fourth-order valence-corrected chi connectivity index (χ4v) is 3.44. The highest BCUT2D eigenvalue weighted by Crippen LogP contribution is 2.31. The van der Waals surface area contributed by atoms with Gasteiger partial charge in [-0.25, -0.2) is 9.97 Å².